The fraction of sp³-hybridized carbons (Fsp3) is 0.500. The van der Waals surface area contributed by atoms with E-state index in [1.165, 1.54) is 0 Å². The van der Waals surface area contributed by atoms with Crippen LogP contribution in [0.25, 0.3) is 5.69 Å². The van der Waals surface area contributed by atoms with Gasteiger partial charge in [-0.1, -0.05) is 36.2 Å². The summed E-state index contributed by atoms with van der Waals surface area (Å²) in [7, 11) is 1.96. The molecule has 0 bridgehead atoms. The van der Waals surface area contributed by atoms with E-state index in [0.29, 0.717) is 33.9 Å². The van der Waals surface area contributed by atoms with Crippen molar-refractivity contribution in [1.82, 2.24) is 25.0 Å². The quantitative estimate of drug-likeness (QED) is 0.843. The van der Waals surface area contributed by atoms with Crippen LogP contribution in [0, 0.1) is 5.92 Å². The van der Waals surface area contributed by atoms with Crippen molar-refractivity contribution < 1.29 is 4.79 Å². The van der Waals surface area contributed by atoms with Gasteiger partial charge >= 0.3 is 0 Å². The lowest BCUT2D eigenvalue weighted by molar-refractivity contribution is 0.0678. The lowest BCUT2D eigenvalue weighted by atomic mass is 9.97. The minimum absolute atomic E-state index is 0.135. The number of amides is 1. The number of aromatic nitrogens is 3. The molecule has 1 N–H and O–H groups in total. The van der Waals surface area contributed by atoms with Crippen LogP contribution in [0.15, 0.2) is 18.2 Å². The Kier molecular flexibility index (Phi) is 6.16. The number of para-hydroxylation sites is 1. The molecular formula is C18H23Cl2N5O. The summed E-state index contributed by atoms with van der Waals surface area (Å²) in [4.78, 5) is 19.1. The van der Waals surface area contributed by atoms with Crippen LogP contribution in [0.4, 0.5) is 0 Å². The Labute approximate surface area is 163 Å². The van der Waals surface area contributed by atoms with Crippen LogP contribution in [0.1, 0.15) is 36.2 Å². The first-order chi connectivity index (χ1) is 12.5. The van der Waals surface area contributed by atoms with Gasteiger partial charge in [0.05, 0.1) is 10.0 Å². The van der Waals surface area contributed by atoms with E-state index in [-0.39, 0.29) is 11.7 Å². The Morgan fingerprint density at radius 2 is 1.92 bits per heavy atom. The molecule has 1 fully saturated rings. The zero-order valence-corrected chi connectivity index (χ0v) is 16.5. The molecule has 2 heterocycles. The van der Waals surface area contributed by atoms with Gasteiger partial charge in [-0.3, -0.25) is 4.79 Å². The van der Waals surface area contributed by atoms with Crippen LogP contribution in [0.3, 0.4) is 0 Å². The number of piperidine rings is 1. The van der Waals surface area contributed by atoms with Gasteiger partial charge in [0.15, 0.2) is 0 Å². The van der Waals surface area contributed by atoms with E-state index in [1.54, 1.807) is 22.9 Å². The van der Waals surface area contributed by atoms with Crippen molar-refractivity contribution in [1.29, 1.82) is 0 Å². The summed E-state index contributed by atoms with van der Waals surface area (Å²) in [6, 6.07) is 5.27. The molecule has 0 unspecified atom stereocenters. The molecule has 1 aromatic carbocycles. The highest BCUT2D eigenvalue weighted by molar-refractivity contribution is 6.37. The monoisotopic (exact) mass is 395 g/mol. The summed E-state index contributed by atoms with van der Waals surface area (Å²) in [6.07, 6.45) is 2.60. The third-order valence-electron chi connectivity index (χ3n) is 4.73. The number of benzene rings is 1. The molecule has 1 amide bonds. The van der Waals surface area contributed by atoms with Crippen molar-refractivity contribution >= 4 is 29.1 Å². The van der Waals surface area contributed by atoms with Crippen LogP contribution < -0.4 is 5.32 Å². The average molecular weight is 396 g/mol. The van der Waals surface area contributed by atoms with Gasteiger partial charge in [-0.15, -0.1) is 5.10 Å². The summed E-state index contributed by atoms with van der Waals surface area (Å²) in [6.45, 7) is 4.41. The van der Waals surface area contributed by atoms with Crippen molar-refractivity contribution in [2.24, 2.45) is 5.92 Å². The largest absolute Gasteiger partial charge is 0.336 e. The van der Waals surface area contributed by atoms with Gasteiger partial charge < -0.3 is 10.2 Å². The van der Waals surface area contributed by atoms with Crippen molar-refractivity contribution in [2.75, 3.05) is 26.7 Å². The molecule has 1 aliphatic rings. The maximum absolute atomic E-state index is 12.9. The van der Waals surface area contributed by atoms with Crippen molar-refractivity contribution in [3.63, 3.8) is 0 Å². The second-order valence-corrected chi connectivity index (χ2v) is 7.29. The van der Waals surface area contributed by atoms with Crippen molar-refractivity contribution in [3.8, 4) is 5.69 Å². The molecule has 6 nitrogen and oxygen atoms in total. The summed E-state index contributed by atoms with van der Waals surface area (Å²) in [5.74, 6) is 1.34. The molecule has 0 saturated carbocycles. The molecule has 140 valence electrons. The highest BCUT2D eigenvalue weighted by Gasteiger charge is 2.27. The van der Waals surface area contributed by atoms with Crippen LogP contribution in [-0.4, -0.2) is 52.3 Å². The zero-order valence-electron chi connectivity index (χ0n) is 15.0. The van der Waals surface area contributed by atoms with Gasteiger partial charge in [0.2, 0.25) is 5.82 Å². The second kappa shape index (κ2) is 8.37. The SMILES string of the molecule is CCc1nc(C(=O)N2CCC(CNC)CC2)nn1-c1c(Cl)cccc1Cl. The van der Waals surface area contributed by atoms with E-state index in [1.807, 2.05) is 18.9 Å². The van der Waals surface area contributed by atoms with E-state index in [4.69, 9.17) is 23.2 Å². The molecule has 1 saturated heterocycles. The number of nitrogens with zero attached hydrogens (tertiary/aromatic N) is 4. The molecular weight excluding hydrogens is 373 g/mol. The van der Waals surface area contributed by atoms with Crippen LogP contribution in [-0.2, 0) is 6.42 Å². The van der Waals surface area contributed by atoms with E-state index in [2.05, 4.69) is 15.4 Å². The first-order valence-corrected chi connectivity index (χ1v) is 9.65. The number of aryl methyl sites for hydroxylation is 1. The predicted molar refractivity (Wildman–Crippen MR) is 103 cm³/mol. The Bertz CT molecular complexity index is 764. The molecule has 1 aliphatic heterocycles. The van der Waals surface area contributed by atoms with Crippen molar-refractivity contribution in [3.05, 3.63) is 39.9 Å². The Balaban J connectivity index is 1.84. The molecule has 0 aliphatic carbocycles. The number of nitrogens with one attached hydrogen (secondary N) is 1. The Hall–Kier alpha value is -1.63. The van der Waals surface area contributed by atoms with Crippen LogP contribution in [0.5, 0.6) is 0 Å². The average Bonchev–Trinajstić information content (AvgIpc) is 3.06. The number of hydrogen-bond acceptors (Lipinski definition) is 4. The van der Waals surface area contributed by atoms with Gasteiger partial charge in [-0.2, -0.15) is 0 Å². The Morgan fingerprint density at radius 3 is 2.50 bits per heavy atom. The molecule has 1 aromatic heterocycles. The van der Waals surface area contributed by atoms with Crippen molar-refractivity contribution in [2.45, 2.75) is 26.2 Å². The molecule has 26 heavy (non-hydrogen) atoms. The van der Waals surface area contributed by atoms with E-state index in [9.17, 15) is 4.79 Å². The Morgan fingerprint density at radius 1 is 1.27 bits per heavy atom. The summed E-state index contributed by atoms with van der Waals surface area (Å²) in [5.41, 5.74) is 0.562. The number of rotatable bonds is 5. The van der Waals surface area contributed by atoms with Crippen LogP contribution in [0.2, 0.25) is 10.0 Å². The number of carbonyl (C=O) groups excluding carboxylic acids is 1. The predicted octanol–water partition coefficient (Wildman–Crippen LogP) is 3.21. The number of likely N-dealkylation sites (tertiary alicyclic amines) is 1. The summed E-state index contributed by atoms with van der Waals surface area (Å²) in [5, 5.41) is 8.59. The first-order valence-electron chi connectivity index (χ1n) is 8.89. The molecule has 0 radical (unpaired) electrons. The standard InChI is InChI=1S/C18H23Cl2N5O/c1-3-15-22-17(18(26)24-9-7-12(8-10-24)11-21-2)23-25(15)16-13(19)5-4-6-14(16)20/h4-6,12,21H,3,7-11H2,1-2H3. The van der Waals surface area contributed by atoms with E-state index < -0.39 is 0 Å². The molecule has 0 atom stereocenters. The first kappa shape index (κ1) is 19.1. The van der Waals surface area contributed by atoms with Gasteiger partial charge in [0, 0.05) is 19.5 Å². The maximum Gasteiger partial charge on any atom is 0.293 e. The summed E-state index contributed by atoms with van der Waals surface area (Å²) < 4.78 is 1.59. The smallest absolute Gasteiger partial charge is 0.293 e. The fourth-order valence-electron chi connectivity index (χ4n) is 3.30. The highest BCUT2D eigenvalue weighted by atomic mass is 35.5. The minimum atomic E-state index is -0.135. The normalized spacial score (nSPS) is 15.5. The van der Waals surface area contributed by atoms with E-state index in [0.717, 1.165) is 32.5 Å². The van der Waals surface area contributed by atoms with Gasteiger partial charge in [0.1, 0.15) is 11.5 Å². The number of halogens is 2. The molecule has 8 heteroatoms. The highest BCUT2D eigenvalue weighted by Crippen LogP contribution is 2.29. The minimum Gasteiger partial charge on any atom is -0.336 e. The van der Waals surface area contributed by atoms with Gasteiger partial charge in [-0.25, -0.2) is 9.67 Å². The van der Waals surface area contributed by atoms with Gasteiger partial charge in [0.25, 0.3) is 5.91 Å². The third-order valence-corrected chi connectivity index (χ3v) is 5.34. The number of hydrogen-bond donors (Lipinski definition) is 1. The molecule has 3 rings (SSSR count). The fourth-order valence-corrected chi connectivity index (χ4v) is 3.86. The molecule has 0 spiro atoms. The van der Waals surface area contributed by atoms with Crippen LogP contribution >= 0.6 is 23.2 Å². The summed E-state index contributed by atoms with van der Waals surface area (Å²) >= 11 is 12.6. The van der Waals surface area contributed by atoms with Gasteiger partial charge in [-0.05, 0) is 44.5 Å². The topological polar surface area (TPSA) is 63.1 Å². The lowest BCUT2D eigenvalue weighted by Gasteiger charge is -2.31. The number of carbonyl (C=O) groups is 1. The zero-order chi connectivity index (χ0) is 18.7. The van der Waals surface area contributed by atoms with E-state index >= 15 is 0 Å². The lowest BCUT2D eigenvalue weighted by Crippen LogP contribution is -2.40. The third kappa shape index (κ3) is 3.87. The second-order valence-electron chi connectivity index (χ2n) is 6.48. The molecule has 2 aromatic rings. The maximum atomic E-state index is 12.9.